The maximum Gasteiger partial charge on any atom is 0.271 e. The molecule has 0 bridgehead atoms. The molecule has 1 aliphatic heterocycles. The van der Waals surface area contributed by atoms with Crippen molar-refractivity contribution in [2.75, 3.05) is 46.0 Å². The minimum Gasteiger partial charge on any atom is -0.396 e. The highest BCUT2D eigenvalue weighted by Crippen LogP contribution is 2.09. The van der Waals surface area contributed by atoms with Crippen LogP contribution in [0.5, 0.6) is 0 Å². The molecule has 7 heteroatoms. The molecule has 1 aromatic heterocycles. The van der Waals surface area contributed by atoms with E-state index in [-0.39, 0.29) is 5.91 Å². The van der Waals surface area contributed by atoms with Gasteiger partial charge in [-0.3, -0.25) is 14.4 Å². The molecule has 2 heterocycles. The van der Waals surface area contributed by atoms with Gasteiger partial charge in [0.05, 0.1) is 11.9 Å². The number of nitrogens with one attached hydrogen (secondary N) is 1. The largest absolute Gasteiger partial charge is 0.396 e. The fourth-order valence-electron chi connectivity index (χ4n) is 2.35. The normalized spacial score (nSPS) is 21.5. The van der Waals surface area contributed by atoms with Crippen molar-refractivity contribution < 1.29 is 4.79 Å². The van der Waals surface area contributed by atoms with Crippen molar-refractivity contribution >= 4 is 11.6 Å². The van der Waals surface area contributed by atoms with Crippen LogP contribution in [0.1, 0.15) is 10.5 Å². The number of hydrogen-bond acceptors (Lipinski definition) is 5. The number of piperazine rings is 1. The molecule has 0 saturated carbocycles. The van der Waals surface area contributed by atoms with Crippen LogP contribution >= 0.6 is 0 Å². The first-order chi connectivity index (χ1) is 8.99. The molecule has 1 atom stereocenters. The van der Waals surface area contributed by atoms with Gasteiger partial charge in [-0.1, -0.05) is 0 Å². The number of nitrogens with two attached hydrogens (primary N) is 1. The number of aryl methyl sites for hydroxylation is 1. The Kier molecular flexibility index (Phi) is 4.06. The van der Waals surface area contributed by atoms with E-state index in [1.54, 1.807) is 7.05 Å². The zero-order chi connectivity index (χ0) is 14.0. The summed E-state index contributed by atoms with van der Waals surface area (Å²) in [5.74, 6) is -0.167. The fraction of sp³-hybridized carbons (Fsp3) is 0.667. The molecule has 0 radical (unpaired) electrons. The van der Waals surface area contributed by atoms with Crippen molar-refractivity contribution in [3.63, 3.8) is 0 Å². The summed E-state index contributed by atoms with van der Waals surface area (Å²) in [6.07, 6.45) is 1.50. The van der Waals surface area contributed by atoms with E-state index in [2.05, 4.69) is 34.3 Å². The van der Waals surface area contributed by atoms with Gasteiger partial charge in [-0.05, 0) is 14.1 Å². The molecule has 0 aromatic carbocycles. The molecule has 1 aliphatic rings. The van der Waals surface area contributed by atoms with Crippen LogP contribution in [-0.2, 0) is 7.05 Å². The van der Waals surface area contributed by atoms with E-state index in [1.165, 1.54) is 10.9 Å². The molecule has 7 nitrogen and oxygen atoms in total. The fourth-order valence-corrected chi connectivity index (χ4v) is 2.35. The number of carbonyl (C=O) groups is 1. The second kappa shape index (κ2) is 5.58. The summed E-state index contributed by atoms with van der Waals surface area (Å²) in [5.41, 5.74) is 6.57. The van der Waals surface area contributed by atoms with Crippen LogP contribution in [0.15, 0.2) is 6.20 Å². The number of nitrogen functional groups attached to an aromatic ring is 1. The number of likely N-dealkylation sites (N-methyl/N-ethyl adjacent to an activating group) is 2. The van der Waals surface area contributed by atoms with Crippen molar-refractivity contribution in [1.82, 2.24) is 24.9 Å². The lowest BCUT2D eigenvalue weighted by Crippen LogP contribution is -2.54. The van der Waals surface area contributed by atoms with Gasteiger partial charge in [-0.2, -0.15) is 5.10 Å². The van der Waals surface area contributed by atoms with Gasteiger partial charge in [0, 0.05) is 39.3 Å². The molecule has 2 rings (SSSR count). The molecule has 1 saturated heterocycles. The average molecular weight is 266 g/mol. The number of aromatic nitrogens is 2. The minimum atomic E-state index is -0.167. The molecule has 1 aromatic rings. The third-order valence-electron chi connectivity index (χ3n) is 3.66. The Balaban J connectivity index is 1.93. The smallest absolute Gasteiger partial charge is 0.271 e. The highest BCUT2D eigenvalue weighted by molar-refractivity contribution is 5.97. The van der Waals surface area contributed by atoms with Gasteiger partial charge in [0.1, 0.15) is 5.69 Å². The topological polar surface area (TPSA) is 79.4 Å². The number of nitrogens with zero attached hydrogens (tertiary/aromatic N) is 4. The van der Waals surface area contributed by atoms with Crippen LogP contribution in [0.25, 0.3) is 0 Å². The van der Waals surface area contributed by atoms with Crippen LogP contribution in [-0.4, -0.2) is 71.8 Å². The Bertz CT molecular complexity index is 438. The van der Waals surface area contributed by atoms with E-state index in [0.29, 0.717) is 24.0 Å². The van der Waals surface area contributed by atoms with Crippen LogP contribution in [0.3, 0.4) is 0 Å². The lowest BCUT2D eigenvalue weighted by molar-refractivity contribution is 0.0874. The van der Waals surface area contributed by atoms with Crippen molar-refractivity contribution in [2.24, 2.45) is 7.05 Å². The van der Waals surface area contributed by atoms with E-state index in [0.717, 1.165) is 19.6 Å². The van der Waals surface area contributed by atoms with Gasteiger partial charge in [-0.25, -0.2) is 0 Å². The van der Waals surface area contributed by atoms with Gasteiger partial charge < -0.3 is 16.0 Å². The lowest BCUT2D eigenvalue weighted by atomic mass is 10.2. The summed E-state index contributed by atoms with van der Waals surface area (Å²) < 4.78 is 1.50. The Morgan fingerprint density at radius 2 is 2.21 bits per heavy atom. The second-order valence-corrected chi connectivity index (χ2v) is 5.18. The molecule has 0 aliphatic carbocycles. The molecule has 1 unspecified atom stereocenters. The first-order valence-corrected chi connectivity index (χ1v) is 6.43. The molecule has 106 valence electrons. The summed E-state index contributed by atoms with van der Waals surface area (Å²) in [6, 6.07) is 0.331. The summed E-state index contributed by atoms with van der Waals surface area (Å²) >= 11 is 0. The van der Waals surface area contributed by atoms with E-state index in [4.69, 9.17) is 5.73 Å². The number of amides is 1. The van der Waals surface area contributed by atoms with Gasteiger partial charge in [0.2, 0.25) is 0 Å². The Morgan fingerprint density at radius 3 is 2.84 bits per heavy atom. The molecule has 19 heavy (non-hydrogen) atoms. The summed E-state index contributed by atoms with van der Waals surface area (Å²) in [4.78, 5) is 16.6. The molecule has 3 N–H and O–H groups in total. The quantitative estimate of drug-likeness (QED) is 0.732. The number of carbonyl (C=O) groups excluding carboxylic acids is 1. The van der Waals surface area contributed by atoms with Crippen LogP contribution < -0.4 is 11.1 Å². The summed E-state index contributed by atoms with van der Waals surface area (Å²) in [7, 11) is 5.90. The van der Waals surface area contributed by atoms with Gasteiger partial charge in [-0.15, -0.1) is 0 Å². The van der Waals surface area contributed by atoms with Crippen molar-refractivity contribution in [2.45, 2.75) is 6.04 Å². The molecular formula is C12H22N6O. The van der Waals surface area contributed by atoms with Gasteiger partial charge >= 0.3 is 0 Å². The predicted octanol–water partition coefficient (Wildman–Crippen LogP) is -1.02. The van der Waals surface area contributed by atoms with Crippen molar-refractivity contribution in [3.05, 3.63) is 11.9 Å². The van der Waals surface area contributed by atoms with Crippen LogP contribution in [0.2, 0.25) is 0 Å². The monoisotopic (exact) mass is 266 g/mol. The van der Waals surface area contributed by atoms with Crippen molar-refractivity contribution in [1.29, 1.82) is 0 Å². The third kappa shape index (κ3) is 3.05. The zero-order valence-corrected chi connectivity index (χ0v) is 11.8. The van der Waals surface area contributed by atoms with E-state index < -0.39 is 0 Å². The first kappa shape index (κ1) is 13.8. The lowest BCUT2D eigenvalue weighted by Gasteiger charge is -2.37. The summed E-state index contributed by atoms with van der Waals surface area (Å²) in [5, 5.41) is 6.91. The van der Waals surface area contributed by atoms with E-state index in [9.17, 15) is 4.79 Å². The minimum absolute atomic E-state index is 0.167. The predicted molar refractivity (Wildman–Crippen MR) is 73.9 cm³/mol. The Morgan fingerprint density at radius 1 is 1.47 bits per heavy atom. The van der Waals surface area contributed by atoms with Gasteiger partial charge in [0.15, 0.2) is 0 Å². The van der Waals surface area contributed by atoms with Crippen molar-refractivity contribution in [3.8, 4) is 0 Å². The molecule has 0 spiro atoms. The maximum absolute atomic E-state index is 12.1. The SMILES string of the molecule is CN1CCN(C)C(CNC(=O)c2c(N)cnn2C)C1. The van der Waals surface area contributed by atoms with Crippen LogP contribution in [0.4, 0.5) is 5.69 Å². The van der Waals surface area contributed by atoms with E-state index >= 15 is 0 Å². The highest BCUT2D eigenvalue weighted by atomic mass is 16.2. The highest BCUT2D eigenvalue weighted by Gasteiger charge is 2.23. The zero-order valence-electron chi connectivity index (χ0n) is 11.8. The number of rotatable bonds is 3. The number of anilines is 1. The number of hydrogen-bond donors (Lipinski definition) is 2. The summed E-state index contributed by atoms with van der Waals surface area (Å²) in [6.45, 7) is 3.66. The standard InChI is InChI=1S/C12H22N6O/c1-16-4-5-17(2)9(8-16)6-14-12(19)11-10(13)7-15-18(11)3/h7,9H,4-6,8,13H2,1-3H3,(H,14,19). The first-order valence-electron chi connectivity index (χ1n) is 6.43. The van der Waals surface area contributed by atoms with Gasteiger partial charge in [0.25, 0.3) is 5.91 Å². The van der Waals surface area contributed by atoms with Crippen LogP contribution in [0, 0.1) is 0 Å². The third-order valence-corrected chi connectivity index (χ3v) is 3.66. The maximum atomic E-state index is 12.1. The molecular weight excluding hydrogens is 244 g/mol. The molecule has 1 fully saturated rings. The Hall–Kier alpha value is -1.60. The molecule has 1 amide bonds. The second-order valence-electron chi connectivity index (χ2n) is 5.18. The Labute approximate surface area is 113 Å². The van der Waals surface area contributed by atoms with E-state index in [1.807, 2.05) is 0 Å². The average Bonchev–Trinajstić information content (AvgIpc) is 2.70.